The Morgan fingerprint density at radius 3 is 2.74 bits per heavy atom. The van der Waals surface area contributed by atoms with E-state index in [9.17, 15) is 15.0 Å². The highest BCUT2D eigenvalue weighted by molar-refractivity contribution is 5.79. The molecule has 4 nitrogen and oxygen atoms in total. The lowest BCUT2D eigenvalue weighted by molar-refractivity contribution is 0.133. The van der Waals surface area contributed by atoms with Gasteiger partial charge in [-0.1, -0.05) is 23.8 Å². The van der Waals surface area contributed by atoms with Crippen molar-refractivity contribution in [2.75, 3.05) is 0 Å². The summed E-state index contributed by atoms with van der Waals surface area (Å²) in [5.74, 6) is 0.114. The molecular weight excluding hydrogens is 292 g/mol. The van der Waals surface area contributed by atoms with Crippen LogP contribution in [-0.2, 0) is 6.42 Å². The van der Waals surface area contributed by atoms with Crippen LogP contribution < -0.4 is 5.63 Å². The van der Waals surface area contributed by atoms with Crippen LogP contribution in [-0.4, -0.2) is 15.8 Å². The lowest BCUT2D eigenvalue weighted by atomic mass is 10.0. The molecule has 0 aliphatic carbocycles. The number of aliphatic hydroxyl groups is 1. The Morgan fingerprint density at radius 1 is 1.30 bits per heavy atom. The van der Waals surface area contributed by atoms with Crippen LogP contribution >= 0.6 is 0 Å². The summed E-state index contributed by atoms with van der Waals surface area (Å²) in [6.45, 7) is 5.47. The second-order valence-corrected chi connectivity index (χ2v) is 6.29. The summed E-state index contributed by atoms with van der Waals surface area (Å²) in [6.07, 6.45) is 7.06. The first-order valence-corrected chi connectivity index (χ1v) is 7.56. The lowest BCUT2D eigenvalue weighted by Gasteiger charge is -2.10. The fourth-order valence-electron chi connectivity index (χ4n) is 2.22. The Balaban J connectivity index is 2.13. The Labute approximate surface area is 135 Å². The van der Waals surface area contributed by atoms with Crippen molar-refractivity contribution in [1.29, 1.82) is 0 Å². The molecule has 122 valence electrons. The van der Waals surface area contributed by atoms with E-state index in [-0.39, 0.29) is 5.75 Å². The second-order valence-electron chi connectivity index (χ2n) is 6.29. The molecule has 0 amide bonds. The summed E-state index contributed by atoms with van der Waals surface area (Å²) in [5.41, 5.74) is 1.06. The van der Waals surface area contributed by atoms with Gasteiger partial charge in [0.1, 0.15) is 11.3 Å². The quantitative estimate of drug-likeness (QED) is 0.652. The van der Waals surface area contributed by atoms with Crippen molar-refractivity contribution in [3.8, 4) is 5.75 Å². The molecule has 0 fully saturated rings. The van der Waals surface area contributed by atoms with Gasteiger partial charge in [-0.2, -0.15) is 0 Å². The maximum Gasteiger partial charge on any atom is 0.336 e. The molecule has 0 atom stereocenters. The number of phenolic OH excluding ortho intramolecular Hbond substituents is 1. The summed E-state index contributed by atoms with van der Waals surface area (Å²) >= 11 is 0. The monoisotopic (exact) mass is 314 g/mol. The van der Waals surface area contributed by atoms with Crippen LogP contribution in [0.2, 0.25) is 0 Å². The Hall–Kier alpha value is -2.33. The van der Waals surface area contributed by atoms with E-state index in [1.165, 1.54) is 12.1 Å². The predicted octanol–water partition coefficient (Wildman–Crippen LogP) is 3.70. The van der Waals surface area contributed by atoms with Crippen LogP contribution in [0.1, 0.15) is 32.8 Å². The van der Waals surface area contributed by atoms with Crippen molar-refractivity contribution in [2.24, 2.45) is 0 Å². The standard InChI is InChI=1S/C19H22O4/c1-13(5-4-10-19(2,3)22)6-7-14-11-15-8-9-18(21)23-17(15)12-16(14)20/h4,6,8-12,20,22H,5,7H2,1-3H3. The number of aromatic hydroxyl groups is 1. The fourth-order valence-corrected chi connectivity index (χ4v) is 2.22. The number of rotatable bonds is 5. The molecule has 1 aromatic carbocycles. The van der Waals surface area contributed by atoms with E-state index in [2.05, 4.69) is 0 Å². The third kappa shape index (κ3) is 5.11. The first-order chi connectivity index (χ1) is 10.7. The van der Waals surface area contributed by atoms with Gasteiger partial charge in [0.15, 0.2) is 0 Å². The molecule has 0 spiro atoms. The smallest absolute Gasteiger partial charge is 0.336 e. The zero-order chi connectivity index (χ0) is 17.0. The summed E-state index contributed by atoms with van der Waals surface area (Å²) in [5, 5.41) is 20.5. The van der Waals surface area contributed by atoms with E-state index in [0.717, 1.165) is 22.9 Å². The highest BCUT2D eigenvalue weighted by Crippen LogP contribution is 2.25. The lowest BCUT2D eigenvalue weighted by Crippen LogP contribution is -2.13. The molecule has 0 saturated heterocycles. The molecule has 23 heavy (non-hydrogen) atoms. The third-order valence-electron chi connectivity index (χ3n) is 3.46. The molecule has 0 unspecified atom stereocenters. The number of hydrogen-bond donors (Lipinski definition) is 2. The summed E-state index contributed by atoms with van der Waals surface area (Å²) in [7, 11) is 0. The molecule has 0 bridgehead atoms. The molecule has 2 N–H and O–H groups in total. The van der Waals surface area contributed by atoms with Crippen molar-refractivity contribution in [3.05, 3.63) is 64.1 Å². The largest absolute Gasteiger partial charge is 0.508 e. The normalized spacial score (nSPS) is 13.1. The maximum atomic E-state index is 11.2. The van der Waals surface area contributed by atoms with Gasteiger partial charge < -0.3 is 14.6 Å². The minimum absolute atomic E-state index is 0.114. The van der Waals surface area contributed by atoms with Crippen LogP contribution in [0, 0.1) is 0 Å². The van der Waals surface area contributed by atoms with E-state index in [1.54, 1.807) is 26.0 Å². The highest BCUT2D eigenvalue weighted by Gasteiger charge is 2.06. The first kappa shape index (κ1) is 17.0. The SMILES string of the molecule is CC(=CCc1cc2ccc(=O)oc2cc1O)CC=CC(C)(C)O. The van der Waals surface area contributed by atoms with Gasteiger partial charge in [0.25, 0.3) is 0 Å². The maximum absolute atomic E-state index is 11.2. The molecule has 1 heterocycles. The first-order valence-electron chi connectivity index (χ1n) is 7.56. The van der Waals surface area contributed by atoms with E-state index in [4.69, 9.17) is 4.42 Å². The summed E-state index contributed by atoms with van der Waals surface area (Å²) in [6, 6.07) is 6.35. The summed E-state index contributed by atoms with van der Waals surface area (Å²) < 4.78 is 5.04. The van der Waals surface area contributed by atoms with Crippen molar-refractivity contribution in [1.82, 2.24) is 0 Å². The Morgan fingerprint density at radius 2 is 2.04 bits per heavy atom. The van der Waals surface area contributed by atoms with Gasteiger partial charge in [-0.25, -0.2) is 4.79 Å². The minimum atomic E-state index is -0.805. The Bertz CT molecular complexity index is 804. The van der Waals surface area contributed by atoms with E-state index < -0.39 is 11.2 Å². The van der Waals surface area contributed by atoms with Gasteiger partial charge in [-0.05, 0) is 51.3 Å². The average molecular weight is 314 g/mol. The zero-order valence-corrected chi connectivity index (χ0v) is 13.7. The van der Waals surface area contributed by atoms with E-state index in [0.29, 0.717) is 12.0 Å². The number of hydrogen-bond acceptors (Lipinski definition) is 4. The molecule has 0 saturated carbocycles. The van der Waals surface area contributed by atoms with Crippen molar-refractivity contribution in [3.63, 3.8) is 0 Å². The molecule has 0 radical (unpaired) electrons. The number of allylic oxidation sites excluding steroid dienone is 3. The van der Waals surface area contributed by atoms with Crippen LogP contribution in [0.25, 0.3) is 11.0 Å². The van der Waals surface area contributed by atoms with Gasteiger partial charge in [0.2, 0.25) is 0 Å². The molecule has 4 heteroatoms. The van der Waals surface area contributed by atoms with E-state index >= 15 is 0 Å². The topological polar surface area (TPSA) is 70.7 Å². The molecule has 2 aromatic rings. The predicted molar refractivity (Wildman–Crippen MR) is 91.7 cm³/mol. The van der Waals surface area contributed by atoms with Crippen LogP contribution in [0.3, 0.4) is 0 Å². The van der Waals surface area contributed by atoms with Crippen LogP contribution in [0.4, 0.5) is 0 Å². The summed E-state index contributed by atoms with van der Waals surface area (Å²) in [4.78, 5) is 11.2. The zero-order valence-electron chi connectivity index (χ0n) is 13.7. The fraction of sp³-hybridized carbons (Fsp3) is 0.316. The Kier molecular flexibility index (Phi) is 5.06. The number of benzene rings is 1. The van der Waals surface area contributed by atoms with Crippen molar-refractivity contribution < 1.29 is 14.6 Å². The third-order valence-corrected chi connectivity index (χ3v) is 3.46. The molecule has 0 aliphatic heterocycles. The van der Waals surface area contributed by atoms with E-state index in [1.807, 2.05) is 25.1 Å². The molecule has 1 aromatic heterocycles. The average Bonchev–Trinajstić information content (AvgIpc) is 2.43. The molecule has 2 rings (SSSR count). The molecule has 0 aliphatic rings. The van der Waals surface area contributed by atoms with Gasteiger partial charge >= 0.3 is 5.63 Å². The van der Waals surface area contributed by atoms with Gasteiger partial charge in [0.05, 0.1) is 5.60 Å². The van der Waals surface area contributed by atoms with Gasteiger partial charge in [-0.15, -0.1) is 0 Å². The van der Waals surface area contributed by atoms with Crippen molar-refractivity contribution in [2.45, 2.75) is 39.2 Å². The minimum Gasteiger partial charge on any atom is -0.508 e. The number of fused-ring (bicyclic) bond motifs is 1. The van der Waals surface area contributed by atoms with Crippen LogP contribution in [0.5, 0.6) is 5.75 Å². The number of phenols is 1. The van der Waals surface area contributed by atoms with Gasteiger partial charge in [0, 0.05) is 17.5 Å². The van der Waals surface area contributed by atoms with Gasteiger partial charge in [-0.3, -0.25) is 0 Å². The van der Waals surface area contributed by atoms with Crippen LogP contribution in [0.15, 0.2) is 57.3 Å². The highest BCUT2D eigenvalue weighted by atomic mass is 16.4. The second kappa shape index (κ2) is 6.84. The van der Waals surface area contributed by atoms with Crippen molar-refractivity contribution >= 4 is 11.0 Å². The molecular formula is C19H22O4.